The molecule has 5 nitrogen and oxygen atoms in total. The molecule has 0 aliphatic rings. The fraction of sp³-hybridized carbons (Fsp3) is 0.583. The highest BCUT2D eigenvalue weighted by Gasteiger charge is 2.10. The van der Waals surface area contributed by atoms with E-state index in [9.17, 15) is 10.2 Å². The number of aliphatic hydroxyl groups excluding tert-OH is 2. The van der Waals surface area contributed by atoms with Gasteiger partial charge >= 0.3 is 0 Å². The van der Waals surface area contributed by atoms with Crippen LogP contribution < -0.4 is 4.90 Å². The van der Waals surface area contributed by atoms with E-state index >= 15 is 0 Å². The summed E-state index contributed by atoms with van der Waals surface area (Å²) < 4.78 is 4.86. The number of likely N-dealkylation sites (N-methyl/N-ethyl adjacent to an activating group) is 1. The van der Waals surface area contributed by atoms with Crippen molar-refractivity contribution in [3.05, 3.63) is 23.9 Å². The lowest BCUT2D eigenvalue weighted by molar-refractivity contribution is 0.0694. The van der Waals surface area contributed by atoms with Crippen LogP contribution >= 0.6 is 0 Å². The maximum absolute atomic E-state index is 9.59. The van der Waals surface area contributed by atoms with Crippen molar-refractivity contribution in [3.63, 3.8) is 0 Å². The number of nitrogens with zero attached hydrogens (tertiary/aromatic N) is 2. The van der Waals surface area contributed by atoms with Crippen molar-refractivity contribution in [1.29, 1.82) is 0 Å². The van der Waals surface area contributed by atoms with Gasteiger partial charge in [0.25, 0.3) is 0 Å². The lowest BCUT2D eigenvalue weighted by atomic mass is 10.2. The Morgan fingerprint density at radius 1 is 1.41 bits per heavy atom. The van der Waals surface area contributed by atoms with Gasteiger partial charge in [0.15, 0.2) is 0 Å². The molecule has 1 rings (SSSR count). The monoisotopic (exact) mass is 240 g/mol. The second-order valence-corrected chi connectivity index (χ2v) is 4.12. The molecule has 1 aromatic rings. The van der Waals surface area contributed by atoms with E-state index in [-0.39, 0.29) is 0 Å². The van der Waals surface area contributed by atoms with Crippen LogP contribution in [0.1, 0.15) is 18.6 Å². The van der Waals surface area contributed by atoms with E-state index in [1.54, 1.807) is 20.2 Å². The smallest absolute Gasteiger partial charge is 0.128 e. The van der Waals surface area contributed by atoms with Gasteiger partial charge in [-0.3, -0.25) is 0 Å². The van der Waals surface area contributed by atoms with Crippen LogP contribution in [-0.2, 0) is 4.74 Å². The standard InChI is InChI=1S/C12H20N2O3/c1-9(15)10-4-5-12(13-6-10)14(2)7-11(16)8-17-3/h4-6,9,11,15-16H,7-8H2,1-3H3. The molecule has 0 spiro atoms. The molecule has 0 fully saturated rings. The molecule has 0 saturated heterocycles. The molecule has 5 heteroatoms. The van der Waals surface area contributed by atoms with Gasteiger partial charge in [-0.2, -0.15) is 0 Å². The van der Waals surface area contributed by atoms with Crippen LogP contribution in [0.4, 0.5) is 5.82 Å². The first-order valence-corrected chi connectivity index (χ1v) is 5.56. The third-order valence-corrected chi connectivity index (χ3v) is 2.49. The fourth-order valence-corrected chi connectivity index (χ4v) is 1.53. The van der Waals surface area contributed by atoms with E-state index in [0.717, 1.165) is 11.4 Å². The maximum atomic E-state index is 9.59. The predicted octanol–water partition coefficient (Wildman–Crippen LogP) is 0.578. The Morgan fingerprint density at radius 3 is 2.59 bits per heavy atom. The summed E-state index contributed by atoms with van der Waals surface area (Å²) in [4.78, 5) is 6.07. The zero-order chi connectivity index (χ0) is 12.8. The van der Waals surface area contributed by atoms with Crippen molar-refractivity contribution in [3.8, 4) is 0 Å². The van der Waals surface area contributed by atoms with Crippen molar-refractivity contribution in [2.75, 3.05) is 32.2 Å². The van der Waals surface area contributed by atoms with Crippen LogP contribution in [0.25, 0.3) is 0 Å². The van der Waals surface area contributed by atoms with Gasteiger partial charge in [-0.15, -0.1) is 0 Å². The van der Waals surface area contributed by atoms with Crippen molar-refractivity contribution in [2.45, 2.75) is 19.1 Å². The Morgan fingerprint density at radius 2 is 2.12 bits per heavy atom. The minimum atomic E-state index is -0.539. The lowest BCUT2D eigenvalue weighted by Crippen LogP contribution is -2.32. The van der Waals surface area contributed by atoms with E-state index in [2.05, 4.69) is 4.98 Å². The number of hydrogen-bond donors (Lipinski definition) is 2. The van der Waals surface area contributed by atoms with Crippen molar-refractivity contribution in [1.82, 2.24) is 4.98 Å². The van der Waals surface area contributed by atoms with Crippen LogP contribution in [0.2, 0.25) is 0 Å². The van der Waals surface area contributed by atoms with Gasteiger partial charge in [-0.05, 0) is 18.6 Å². The summed E-state index contributed by atoms with van der Waals surface area (Å²) in [6.45, 7) is 2.45. The first-order chi connectivity index (χ1) is 8.04. The average Bonchev–Trinajstić information content (AvgIpc) is 2.29. The highest BCUT2D eigenvalue weighted by atomic mass is 16.5. The van der Waals surface area contributed by atoms with E-state index in [1.165, 1.54) is 0 Å². The van der Waals surface area contributed by atoms with Crippen molar-refractivity contribution in [2.24, 2.45) is 0 Å². The third kappa shape index (κ3) is 4.30. The van der Waals surface area contributed by atoms with E-state index in [1.807, 2.05) is 24.1 Å². The number of ether oxygens (including phenoxy) is 1. The molecule has 0 aliphatic carbocycles. The number of aliphatic hydroxyl groups is 2. The SMILES string of the molecule is COCC(O)CN(C)c1ccc(C(C)O)cn1. The van der Waals surface area contributed by atoms with E-state index in [4.69, 9.17) is 4.74 Å². The van der Waals surface area contributed by atoms with Crippen molar-refractivity contribution >= 4 is 5.82 Å². The minimum Gasteiger partial charge on any atom is -0.389 e. The van der Waals surface area contributed by atoms with Crippen LogP contribution in [0, 0.1) is 0 Å². The predicted molar refractivity (Wildman–Crippen MR) is 66.0 cm³/mol. The summed E-state index contributed by atoms with van der Waals surface area (Å²) in [7, 11) is 3.40. The first-order valence-electron chi connectivity index (χ1n) is 5.56. The van der Waals surface area contributed by atoms with Crippen LogP contribution in [0.15, 0.2) is 18.3 Å². The Bertz CT molecular complexity index is 327. The summed E-state index contributed by atoms with van der Waals surface area (Å²) in [5.41, 5.74) is 0.777. The quantitative estimate of drug-likeness (QED) is 0.761. The Kier molecular flexibility index (Phi) is 5.34. The van der Waals surface area contributed by atoms with Gasteiger partial charge in [0.1, 0.15) is 5.82 Å². The zero-order valence-electron chi connectivity index (χ0n) is 10.5. The maximum Gasteiger partial charge on any atom is 0.128 e. The zero-order valence-corrected chi connectivity index (χ0v) is 10.5. The first kappa shape index (κ1) is 13.9. The second kappa shape index (κ2) is 6.54. The topological polar surface area (TPSA) is 65.8 Å². The van der Waals surface area contributed by atoms with Crippen LogP contribution in [0.3, 0.4) is 0 Å². The van der Waals surface area contributed by atoms with E-state index < -0.39 is 12.2 Å². The Labute approximate surface area is 102 Å². The van der Waals surface area contributed by atoms with Gasteiger partial charge in [-0.25, -0.2) is 4.98 Å². The van der Waals surface area contributed by atoms with Crippen LogP contribution in [-0.4, -0.2) is 48.6 Å². The summed E-state index contributed by atoms with van der Waals surface area (Å²) in [5, 5.41) is 18.9. The summed E-state index contributed by atoms with van der Waals surface area (Å²) >= 11 is 0. The molecule has 0 radical (unpaired) electrons. The van der Waals surface area contributed by atoms with Gasteiger partial charge in [0.2, 0.25) is 0 Å². The van der Waals surface area contributed by atoms with Crippen LogP contribution in [0.5, 0.6) is 0 Å². The van der Waals surface area contributed by atoms with Gasteiger partial charge < -0.3 is 19.8 Å². The molecule has 0 amide bonds. The molecule has 0 aliphatic heterocycles. The Hall–Kier alpha value is -1.17. The molecular weight excluding hydrogens is 220 g/mol. The van der Waals surface area contributed by atoms with Crippen molar-refractivity contribution < 1.29 is 14.9 Å². The summed E-state index contributed by atoms with van der Waals surface area (Å²) in [6.07, 6.45) is 0.586. The molecule has 1 heterocycles. The van der Waals surface area contributed by atoms with Gasteiger partial charge in [0, 0.05) is 26.9 Å². The molecule has 0 saturated carbocycles. The molecule has 0 aromatic carbocycles. The van der Waals surface area contributed by atoms with Gasteiger partial charge in [0.05, 0.1) is 18.8 Å². The minimum absolute atomic E-state index is 0.302. The number of hydrogen-bond acceptors (Lipinski definition) is 5. The van der Waals surface area contributed by atoms with Gasteiger partial charge in [-0.1, -0.05) is 6.07 Å². The molecule has 1 aromatic heterocycles. The van der Waals surface area contributed by atoms with E-state index in [0.29, 0.717) is 13.2 Å². The number of methoxy groups -OCH3 is 1. The fourth-order valence-electron chi connectivity index (χ4n) is 1.53. The molecule has 0 bridgehead atoms. The number of anilines is 1. The second-order valence-electron chi connectivity index (χ2n) is 4.12. The molecule has 2 unspecified atom stereocenters. The average molecular weight is 240 g/mol. The number of aromatic nitrogens is 1. The molecular formula is C12H20N2O3. The Balaban J connectivity index is 2.60. The highest BCUT2D eigenvalue weighted by Crippen LogP contribution is 2.14. The molecule has 96 valence electrons. The number of pyridine rings is 1. The molecule has 17 heavy (non-hydrogen) atoms. The number of rotatable bonds is 6. The lowest BCUT2D eigenvalue weighted by Gasteiger charge is -2.21. The third-order valence-electron chi connectivity index (χ3n) is 2.49. The molecule has 2 atom stereocenters. The largest absolute Gasteiger partial charge is 0.389 e. The summed E-state index contributed by atoms with van der Waals surface area (Å²) in [5.74, 6) is 0.754. The normalized spacial score (nSPS) is 14.4. The summed E-state index contributed by atoms with van der Waals surface area (Å²) in [6, 6.07) is 3.65. The molecule has 2 N–H and O–H groups in total. The highest BCUT2D eigenvalue weighted by molar-refractivity contribution is 5.38.